The van der Waals surface area contributed by atoms with Gasteiger partial charge in [-0.1, -0.05) is 6.07 Å². The Morgan fingerprint density at radius 1 is 1.33 bits per heavy atom. The van der Waals surface area contributed by atoms with Crippen molar-refractivity contribution in [3.63, 3.8) is 0 Å². The van der Waals surface area contributed by atoms with Crippen molar-refractivity contribution in [2.45, 2.75) is 42.0 Å². The van der Waals surface area contributed by atoms with Crippen LogP contribution in [0.2, 0.25) is 0 Å². The number of hydrogen-bond acceptors (Lipinski definition) is 5. The van der Waals surface area contributed by atoms with Gasteiger partial charge in [0.15, 0.2) is 0 Å². The summed E-state index contributed by atoms with van der Waals surface area (Å²) >= 11 is 1.12. The van der Waals surface area contributed by atoms with E-state index in [2.05, 4.69) is 10.0 Å². The van der Waals surface area contributed by atoms with Crippen LogP contribution in [-0.2, 0) is 14.8 Å². The lowest BCUT2D eigenvalue weighted by atomic mass is 9.92. The van der Waals surface area contributed by atoms with Crippen molar-refractivity contribution in [3.05, 3.63) is 17.5 Å². The lowest BCUT2D eigenvalue weighted by molar-refractivity contribution is -0.120. The maximum absolute atomic E-state index is 11.8. The van der Waals surface area contributed by atoms with Crippen molar-refractivity contribution in [3.8, 4) is 0 Å². The summed E-state index contributed by atoms with van der Waals surface area (Å²) in [5.41, 5.74) is 5.79. The molecule has 0 unspecified atom stereocenters. The maximum atomic E-state index is 11.8. The van der Waals surface area contributed by atoms with Crippen LogP contribution in [0.3, 0.4) is 0 Å². The summed E-state index contributed by atoms with van der Waals surface area (Å²) < 4.78 is 26.2. The second-order valence-corrected chi connectivity index (χ2v) is 7.88. The molecule has 0 radical (unpaired) electrons. The molecule has 1 aromatic rings. The van der Waals surface area contributed by atoms with Crippen molar-refractivity contribution in [2.75, 3.05) is 6.54 Å². The first-order valence-corrected chi connectivity index (χ1v) is 8.92. The Kier molecular flexibility index (Phi) is 7.08. The molecule has 0 aromatic carbocycles. The Labute approximate surface area is 135 Å². The van der Waals surface area contributed by atoms with Crippen LogP contribution < -0.4 is 15.8 Å². The van der Waals surface area contributed by atoms with Gasteiger partial charge in [-0.15, -0.1) is 23.7 Å². The summed E-state index contributed by atoms with van der Waals surface area (Å²) in [6.45, 7) is -0.233. The highest BCUT2D eigenvalue weighted by Crippen LogP contribution is 2.17. The summed E-state index contributed by atoms with van der Waals surface area (Å²) in [5.74, 6) is -0.300. The van der Waals surface area contributed by atoms with E-state index in [4.69, 9.17) is 5.73 Å². The molecular formula is C12H20ClN3O3S2. The average Bonchev–Trinajstić information content (AvgIpc) is 2.94. The fourth-order valence-corrected chi connectivity index (χ4v) is 4.21. The molecule has 21 heavy (non-hydrogen) atoms. The SMILES string of the molecule is Cl.NC1CCC(NC(=O)CNS(=O)(=O)c2cccs2)CC1. The molecule has 120 valence electrons. The lowest BCUT2D eigenvalue weighted by Crippen LogP contribution is -2.44. The number of thiophene rings is 1. The number of sulfonamides is 1. The number of hydrogen-bond donors (Lipinski definition) is 3. The van der Waals surface area contributed by atoms with Crippen molar-refractivity contribution in [1.29, 1.82) is 0 Å². The van der Waals surface area contributed by atoms with Crippen LogP contribution in [0.5, 0.6) is 0 Å². The summed E-state index contributed by atoms with van der Waals surface area (Å²) in [4.78, 5) is 11.7. The van der Waals surface area contributed by atoms with E-state index in [1.54, 1.807) is 11.4 Å². The number of halogens is 1. The quantitative estimate of drug-likeness (QED) is 0.729. The van der Waals surface area contributed by atoms with Crippen molar-refractivity contribution in [1.82, 2.24) is 10.0 Å². The molecule has 9 heteroatoms. The second kappa shape index (κ2) is 8.09. The van der Waals surface area contributed by atoms with Gasteiger partial charge >= 0.3 is 0 Å². The normalized spacial score (nSPS) is 22.3. The Bertz CT molecular complexity index is 540. The predicted octanol–water partition coefficient (Wildman–Crippen LogP) is 0.834. The minimum Gasteiger partial charge on any atom is -0.352 e. The first-order valence-electron chi connectivity index (χ1n) is 6.55. The van der Waals surface area contributed by atoms with Gasteiger partial charge in [0, 0.05) is 12.1 Å². The largest absolute Gasteiger partial charge is 0.352 e. The third-order valence-corrected chi connectivity index (χ3v) is 6.12. The topological polar surface area (TPSA) is 101 Å². The molecule has 0 saturated heterocycles. The van der Waals surface area contributed by atoms with Crippen LogP contribution in [-0.4, -0.2) is 33.0 Å². The number of amides is 1. The zero-order chi connectivity index (χ0) is 14.6. The van der Waals surface area contributed by atoms with E-state index in [1.807, 2.05) is 0 Å². The Morgan fingerprint density at radius 3 is 2.57 bits per heavy atom. The van der Waals surface area contributed by atoms with Crippen LogP contribution in [0.25, 0.3) is 0 Å². The van der Waals surface area contributed by atoms with Crippen LogP contribution >= 0.6 is 23.7 Å². The highest BCUT2D eigenvalue weighted by Gasteiger charge is 2.21. The molecule has 0 bridgehead atoms. The molecule has 1 aliphatic carbocycles. The zero-order valence-electron chi connectivity index (χ0n) is 11.4. The monoisotopic (exact) mass is 353 g/mol. The average molecular weight is 354 g/mol. The summed E-state index contributed by atoms with van der Waals surface area (Å²) in [7, 11) is -3.57. The van der Waals surface area contributed by atoms with Gasteiger partial charge in [-0.3, -0.25) is 4.79 Å². The minimum atomic E-state index is -3.57. The molecule has 1 aromatic heterocycles. The molecule has 1 aliphatic rings. The molecular weight excluding hydrogens is 334 g/mol. The Hall–Kier alpha value is -0.670. The molecule has 1 fully saturated rings. The number of rotatable bonds is 5. The first-order chi connectivity index (χ1) is 9.47. The van der Waals surface area contributed by atoms with E-state index in [9.17, 15) is 13.2 Å². The van der Waals surface area contributed by atoms with Crippen LogP contribution in [0.1, 0.15) is 25.7 Å². The van der Waals surface area contributed by atoms with Gasteiger partial charge in [-0.2, -0.15) is 0 Å². The fourth-order valence-electron chi connectivity index (χ4n) is 2.19. The van der Waals surface area contributed by atoms with E-state index in [-0.39, 0.29) is 41.2 Å². The van der Waals surface area contributed by atoms with Crippen LogP contribution in [0.4, 0.5) is 0 Å². The summed E-state index contributed by atoms with van der Waals surface area (Å²) in [6.07, 6.45) is 3.49. The molecule has 4 N–H and O–H groups in total. The molecule has 0 spiro atoms. The third-order valence-electron chi connectivity index (χ3n) is 3.32. The molecule has 1 heterocycles. The molecule has 1 amide bonds. The van der Waals surface area contributed by atoms with E-state index in [0.29, 0.717) is 0 Å². The van der Waals surface area contributed by atoms with Crippen LogP contribution in [0, 0.1) is 0 Å². The van der Waals surface area contributed by atoms with Gasteiger partial charge < -0.3 is 11.1 Å². The second-order valence-electron chi connectivity index (χ2n) is 4.94. The zero-order valence-corrected chi connectivity index (χ0v) is 13.9. The predicted molar refractivity (Wildman–Crippen MR) is 85.1 cm³/mol. The van der Waals surface area contributed by atoms with E-state index in [1.165, 1.54) is 6.07 Å². The van der Waals surface area contributed by atoms with Gasteiger partial charge in [-0.25, -0.2) is 13.1 Å². The van der Waals surface area contributed by atoms with Gasteiger partial charge in [0.05, 0.1) is 6.54 Å². The number of carbonyl (C=O) groups is 1. The molecule has 1 saturated carbocycles. The summed E-state index contributed by atoms with van der Waals surface area (Å²) in [5, 5.41) is 4.52. The van der Waals surface area contributed by atoms with E-state index >= 15 is 0 Å². The molecule has 0 aliphatic heterocycles. The standard InChI is InChI=1S/C12H19N3O3S2.ClH/c13-9-3-5-10(6-4-9)15-11(16)8-14-20(17,18)12-2-1-7-19-12;/h1-2,7,9-10,14H,3-6,8,13H2,(H,15,16);1H. The van der Waals surface area contributed by atoms with Crippen molar-refractivity contribution >= 4 is 39.7 Å². The van der Waals surface area contributed by atoms with Crippen LogP contribution in [0.15, 0.2) is 21.7 Å². The number of nitrogens with one attached hydrogen (secondary N) is 2. The molecule has 0 atom stereocenters. The Balaban J connectivity index is 0.00000220. The van der Waals surface area contributed by atoms with Gasteiger partial charge in [0.2, 0.25) is 5.91 Å². The highest BCUT2D eigenvalue weighted by molar-refractivity contribution is 7.91. The number of nitrogens with two attached hydrogens (primary N) is 1. The summed E-state index contributed by atoms with van der Waals surface area (Å²) in [6, 6.07) is 3.49. The lowest BCUT2D eigenvalue weighted by Gasteiger charge is -2.26. The highest BCUT2D eigenvalue weighted by atomic mass is 35.5. The Morgan fingerprint density at radius 2 is 2.00 bits per heavy atom. The van der Waals surface area contributed by atoms with Gasteiger partial charge in [-0.05, 0) is 37.1 Å². The van der Waals surface area contributed by atoms with Crippen molar-refractivity contribution in [2.24, 2.45) is 5.73 Å². The maximum Gasteiger partial charge on any atom is 0.250 e. The smallest absolute Gasteiger partial charge is 0.250 e. The fraction of sp³-hybridized carbons (Fsp3) is 0.583. The molecule has 2 rings (SSSR count). The number of carbonyl (C=O) groups excluding carboxylic acids is 1. The van der Waals surface area contributed by atoms with Gasteiger partial charge in [0.25, 0.3) is 10.0 Å². The minimum absolute atomic E-state index is 0. The van der Waals surface area contributed by atoms with E-state index < -0.39 is 10.0 Å². The first kappa shape index (κ1) is 18.4. The third kappa shape index (κ3) is 5.55. The van der Waals surface area contributed by atoms with Gasteiger partial charge in [0.1, 0.15) is 4.21 Å². The van der Waals surface area contributed by atoms with Crippen molar-refractivity contribution < 1.29 is 13.2 Å². The van der Waals surface area contributed by atoms with E-state index in [0.717, 1.165) is 37.0 Å². The molecule has 6 nitrogen and oxygen atoms in total.